The van der Waals surface area contributed by atoms with Crippen molar-refractivity contribution < 1.29 is 5.11 Å². The van der Waals surface area contributed by atoms with Gasteiger partial charge in [-0.05, 0) is 93.2 Å². The van der Waals surface area contributed by atoms with E-state index < -0.39 is 0 Å². The highest BCUT2D eigenvalue weighted by Crippen LogP contribution is 2.50. The van der Waals surface area contributed by atoms with E-state index in [4.69, 9.17) is 0 Å². The number of hydrogen-bond acceptors (Lipinski definition) is 1. The molecule has 0 aliphatic carbocycles. The van der Waals surface area contributed by atoms with E-state index in [1.54, 1.807) is 0 Å². The van der Waals surface area contributed by atoms with Gasteiger partial charge in [-0.1, -0.05) is 11.6 Å². The molecule has 0 aliphatic rings. The third-order valence-corrected chi connectivity index (χ3v) is 3.49. The van der Waals surface area contributed by atoms with Crippen molar-refractivity contribution in [3.8, 4) is 5.75 Å². The Balaban J connectivity index is 3.37. The second-order valence-electron chi connectivity index (χ2n) is 2.98. The van der Waals surface area contributed by atoms with Gasteiger partial charge in [0.05, 0.1) is 0 Å². The highest BCUT2D eigenvalue weighted by molar-refractivity contribution is 14.3. The van der Waals surface area contributed by atoms with Gasteiger partial charge in [-0.3, -0.25) is 0 Å². The summed E-state index contributed by atoms with van der Waals surface area (Å²) in [6.45, 7) is 3.98. The molecule has 0 radical (unpaired) electrons. The Hall–Kier alpha value is 1.21. The number of phenolic OH excluding ortho intramolecular Hbond substituents is 1. The molecule has 0 aliphatic heterocycles. The van der Waals surface area contributed by atoms with E-state index in [9.17, 15) is 5.11 Å². The maximum absolute atomic E-state index is 9.84. The summed E-state index contributed by atoms with van der Waals surface area (Å²) >= 11 is 6.94. The summed E-state index contributed by atoms with van der Waals surface area (Å²) < 4.78 is -0.0753. The minimum atomic E-state index is -0.0753. The minimum Gasteiger partial charge on any atom is -0.507 e. The second-order valence-corrected chi connectivity index (χ2v) is 14.0. The molecule has 1 N–H and O–H groups in total. The molecule has 0 heterocycles. The van der Waals surface area contributed by atoms with Gasteiger partial charge in [-0.2, -0.15) is 0 Å². The summed E-state index contributed by atoms with van der Waals surface area (Å²) in [6.07, 6.45) is 0. The monoisotopic (exact) mass is 514 g/mol. The van der Waals surface area contributed by atoms with Crippen LogP contribution in [-0.2, 0) is -0.565 Å². The molecule has 0 atom stereocenters. The van der Waals surface area contributed by atoms with Crippen LogP contribution in [0.1, 0.15) is 16.7 Å². The summed E-state index contributed by atoms with van der Waals surface area (Å²) in [7, 11) is 0. The maximum Gasteiger partial charge on any atom is 0.152 e. The van der Waals surface area contributed by atoms with E-state index in [1.807, 2.05) is 26.0 Å². The smallest absolute Gasteiger partial charge is 0.152 e. The fourth-order valence-electron chi connectivity index (χ4n) is 1.18. The van der Waals surface area contributed by atoms with E-state index in [0.29, 0.717) is 5.75 Å². The lowest BCUT2D eigenvalue weighted by molar-refractivity contribution is 0.466. The molecule has 0 unspecified atom stereocenters. The van der Waals surface area contributed by atoms with Crippen LogP contribution < -0.4 is 0 Å². The Bertz CT molecular complexity index is 328. The number of alkyl halides is 3. The van der Waals surface area contributed by atoms with Crippen LogP contribution in [0.4, 0.5) is 0 Å². The first-order chi connectivity index (χ1) is 5.82. The zero-order chi connectivity index (χ0) is 10.2. The summed E-state index contributed by atoms with van der Waals surface area (Å²) in [4.78, 5) is 0. The highest BCUT2D eigenvalue weighted by Gasteiger charge is 2.25. The topological polar surface area (TPSA) is 20.2 Å². The molecule has 0 aromatic heterocycles. The predicted octanol–water partition coefficient (Wildman–Crippen LogP) is 4.42. The van der Waals surface area contributed by atoms with Crippen LogP contribution in [-0.4, -0.2) is 5.11 Å². The molecule has 0 saturated heterocycles. The predicted molar refractivity (Wildman–Crippen MR) is 81.3 cm³/mol. The molecule has 0 spiro atoms. The molecule has 0 saturated carbocycles. The van der Waals surface area contributed by atoms with E-state index in [-0.39, 0.29) is -0.565 Å². The first-order valence-corrected chi connectivity index (χ1v) is 6.93. The van der Waals surface area contributed by atoms with Crippen LogP contribution in [0.5, 0.6) is 5.75 Å². The standard InChI is InChI=1S/C9H9I3O/c1-5-3-6(2)8(13)7(4-5)9(10,11)12/h3-4,13H,1-2H3. The molecule has 1 aromatic rings. The number of phenols is 1. The van der Waals surface area contributed by atoms with Crippen molar-refractivity contribution in [3.63, 3.8) is 0 Å². The van der Waals surface area contributed by atoms with E-state index in [1.165, 1.54) is 5.56 Å². The lowest BCUT2D eigenvalue weighted by atomic mass is 10.1. The normalized spacial score (nSPS) is 11.8. The van der Waals surface area contributed by atoms with Crippen LogP contribution in [0.3, 0.4) is 0 Å². The summed E-state index contributed by atoms with van der Waals surface area (Å²) in [5.74, 6) is 0.420. The Kier molecular flexibility index (Phi) is 4.14. The van der Waals surface area contributed by atoms with Crippen LogP contribution >= 0.6 is 67.8 Å². The molecule has 1 aromatic carbocycles. The lowest BCUT2D eigenvalue weighted by Crippen LogP contribution is -1.99. The molecule has 13 heavy (non-hydrogen) atoms. The molecule has 72 valence electrons. The molecule has 0 fully saturated rings. The molecule has 0 amide bonds. The van der Waals surface area contributed by atoms with E-state index >= 15 is 0 Å². The van der Waals surface area contributed by atoms with Gasteiger partial charge in [0.15, 0.2) is -0.565 Å². The number of aromatic hydroxyl groups is 1. The number of rotatable bonds is 1. The van der Waals surface area contributed by atoms with Crippen molar-refractivity contribution in [2.24, 2.45) is 0 Å². The van der Waals surface area contributed by atoms with Gasteiger partial charge >= 0.3 is 0 Å². The largest absolute Gasteiger partial charge is 0.507 e. The van der Waals surface area contributed by atoms with Gasteiger partial charge < -0.3 is 5.11 Å². The fraction of sp³-hybridized carbons (Fsp3) is 0.333. The van der Waals surface area contributed by atoms with Crippen molar-refractivity contribution in [3.05, 3.63) is 28.8 Å². The average molecular weight is 514 g/mol. The SMILES string of the molecule is Cc1cc(C)c(O)c(C(I)(I)I)c1. The summed E-state index contributed by atoms with van der Waals surface area (Å²) in [6, 6.07) is 4.03. The van der Waals surface area contributed by atoms with Crippen molar-refractivity contribution in [1.82, 2.24) is 0 Å². The highest BCUT2D eigenvalue weighted by atomic mass is 127. The van der Waals surface area contributed by atoms with Crippen LogP contribution in [0, 0.1) is 13.8 Å². The number of benzene rings is 1. The van der Waals surface area contributed by atoms with Crippen molar-refractivity contribution in [2.75, 3.05) is 0 Å². The van der Waals surface area contributed by atoms with Crippen LogP contribution in [0.2, 0.25) is 0 Å². The Labute approximate surface area is 119 Å². The van der Waals surface area contributed by atoms with E-state index in [0.717, 1.165) is 11.1 Å². The third-order valence-electron chi connectivity index (χ3n) is 1.75. The zero-order valence-corrected chi connectivity index (χ0v) is 13.7. The molecular formula is C9H9I3O. The van der Waals surface area contributed by atoms with Gasteiger partial charge in [0.2, 0.25) is 0 Å². The van der Waals surface area contributed by atoms with Gasteiger partial charge in [0, 0.05) is 5.56 Å². The number of aryl methyl sites for hydroxylation is 2. The first-order valence-electron chi connectivity index (χ1n) is 3.70. The van der Waals surface area contributed by atoms with Gasteiger partial charge in [0.1, 0.15) is 5.75 Å². The van der Waals surface area contributed by atoms with Crippen LogP contribution in [0.15, 0.2) is 12.1 Å². The lowest BCUT2D eigenvalue weighted by Gasteiger charge is -2.16. The molecule has 1 rings (SSSR count). The molecule has 0 bridgehead atoms. The van der Waals surface area contributed by atoms with Crippen LogP contribution in [0.25, 0.3) is 0 Å². The van der Waals surface area contributed by atoms with Gasteiger partial charge in [-0.25, -0.2) is 0 Å². The zero-order valence-electron chi connectivity index (χ0n) is 7.24. The maximum atomic E-state index is 9.84. The third kappa shape index (κ3) is 3.08. The molecule has 1 nitrogen and oxygen atoms in total. The van der Waals surface area contributed by atoms with Gasteiger partial charge in [0.25, 0.3) is 0 Å². The van der Waals surface area contributed by atoms with Crippen molar-refractivity contribution >= 4 is 67.8 Å². The minimum absolute atomic E-state index is 0.0753. The Morgan fingerprint density at radius 2 is 1.69 bits per heavy atom. The number of hydrogen-bond donors (Lipinski definition) is 1. The van der Waals surface area contributed by atoms with Crippen molar-refractivity contribution in [1.29, 1.82) is 0 Å². The van der Waals surface area contributed by atoms with E-state index in [2.05, 4.69) is 67.8 Å². The quantitative estimate of drug-likeness (QED) is 0.435. The second kappa shape index (κ2) is 4.38. The van der Waals surface area contributed by atoms with Crippen molar-refractivity contribution in [2.45, 2.75) is 13.3 Å². The summed E-state index contributed by atoms with van der Waals surface area (Å²) in [5.41, 5.74) is 3.14. The Morgan fingerprint density at radius 3 is 2.15 bits per heavy atom. The van der Waals surface area contributed by atoms with Gasteiger partial charge in [-0.15, -0.1) is 0 Å². The molecule has 4 heteroatoms. The first kappa shape index (κ1) is 12.3. The average Bonchev–Trinajstić information content (AvgIpc) is 1.94. The molecular weight excluding hydrogens is 505 g/mol. The fourth-order valence-corrected chi connectivity index (χ4v) is 2.41. The Morgan fingerprint density at radius 1 is 1.15 bits per heavy atom. The summed E-state index contributed by atoms with van der Waals surface area (Å²) in [5, 5.41) is 9.84. The number of halogens is 3.